The molecule has 0 aromatic carbocycles. The molecule has 0 heterocycles. The van der Waals surface area contributed by atoms with Crippen LogP contribution >= 0.6 is 0 Å². The molecule has 0 aliphatic rings. The number of nitrogens with one attached hydrogen (secondary N) is 1. The van der Waals surface area contributed by atoms with Gasteiger partial charge in [-0.15, -0.1) is 0 Å². The normalized spacial score (nSPS) is 11.7. The number of carbonyl (C=O) groups is 1. The number of hydrogen-bond acceptors (Lipinski definition) is 5. The third-order valence-electron chi connectivity index (χ3n) is 4.56. The molecule has 6 heteroatoms. The van der Waals surface area contributed by atoms with E-state index in [0.29, 0.717) is 52.8 Å². The standard InChI is InChI=1S/C22H45NO5.C2H6/c1-7-9-21(3,4)19-28-18-17-27-16-15-26-14-13-25-12-11-23-20(24)22(5,6)10-8-2;1-2/h7-19H2,1-6H3,(H,23,24);1-2H3. The molecule has 0 aliphatic heterocycles. The highest BCUT2D eigenvalue weighted by molar-refractivity contribution is 5.81. The third kappa shape index (κ3) is 19.3. The molecule has 182 valence electrons. The van der Waals surface area contributed by atoms with E-state index in [4.69, 9.17) is 18.9 Å². The van der Waals surface area contributed by atoms with Gasteiger partial charge in [0.05, 0.1) is 52.9 Å². The van der Waals surface area contributed by atoms with Gasteiger partial charge in [0.1, 0.15) is 0 Å². The van der Waals surface area contributed by atoms with Gasteiger partial charge in [0.15, 0.2) is 0 Å². The van der Waals surface area contributed by atoms with Crippen molar-refractivity contribution >= 4 is 5.91 Å². The topological polar surface area (TPSA) is 66.0 Å². The van der Waals surface area contributed by atoms with Gasteiger partial charge in [-0.2, -0.15) is 0 Å². The molecule has 0 aromatic rings. The molecule has 1 amide bonds. The average molecular weight is 434 g/mol. The zero-order valence-corrected chi connectivity index (χ0v) is 21.2. The Labute approximate surface area is 186 Å². The van der Waals surface area contributed by atoms with Crippen molar-refractivity contribution in [3.05, 3.63) is 0 Å². The molecular formula is C24H51NO5. The van der Waals surface area contributed by atoms with Crippen molar-refractivity contribution in [3.8, 4) is 0 Å². The lowest BCUT2D eigenvalue weighted by atomic mass is 9.87. The summed E-state index contributed by atoms with van der Waals surface area (Å²) in [4.78, 5) is 12.0. The van der Waals surface area contributed by atoms with Gasteiger partial charge in [-0.05, 0) is 18.3 Å². The number of hydrogen-bond donors (Lipinski definition) is 1. The second-order valence-corrected chi connectivity index (χ2v) is 8.69. The Morgan fingerprint density at radius 3 is 1.60 bits per heavy atom. The molecule has 0 saturated carbocycles. The lowest BCUT2D eigenvalue weighted by molar-refractivity contribution is -0.130. The minimum atomic E-state index is -0.311. The lowest BCUT2D eigenvalue weighted by Gasteiger charge is -2.23. The van der Waals surface area contributed by atoms with Crippen LogP contribution in [0.4, 0.5) is 0 Å². The van der Waals surface area contributed by atoms with Gasteiger partial charge >= 0.3 is 0 Å². The zero-order chi connectivity index (χ0) is 23.3. The minimum Gasteiger partial charge on any atom is -0.379 e. The van der Waals surface area contributed by atoms with Crippen LogP contribution in [0.3, 0.4) is 0 Å². The van der Waals surface area contributed by atoms with Crippen LogP contribution in [0.5, 0.6) is 0 Å². The summed E-state index contributed by atoms with van der Waals surface area (Å²) < 4.78 is 22.1. The molecule has 0 saturated heterocycles. The van der Waals surface area contributed by atoms with E-state index in [-0.39, 0.29) is 16.7 Å². The van der Waals surface area contributed by atoms with Crippen molar-refractivity contribution in [1.82, 2.24) is 5.32 Å². The van der Waals surface area contributed by atoms with Gasteiger partial charge < -0.3 is 24.3 Å². The van der Waals surface area contributed by atoms with E-state index in [1.807, 2.05) is 27.7 Å². The Balaban J connectivity index is 0. The van der Waals surface area contributed by atoms with Crippen LogP contribution in [-0.2, 0) is 23.7 Å². The summed E-state index contributed by atoms with van der Waals surface area (Å²) in [7, 11) is 0. The largest absolute Gasteiger partial charge is 0.379 e. The van der Waals surface area contributed by atoms with E-state index >= 15 is 0 Å². The SMILES string of the molecule is CC.CCCC(C)(C)COCCOCCOCCOCCNC(=O)C(C)(C)CCC. The van der Waals surface area contributed by atoms with E-state index in [0.717, 1.165) is 19.4 Å². The molecule has 0 spiro atoms. The highest BCUT2D eigenvalue weighted by Gasteiger charge is 2.25. The minimum absolute atomic E-state index is 0.0873. The fourth-order valence-electron chi connectivity index (χ4n) is 2.97. The molecule has 0 aromatic heterocycles. The molecule has 1 N–H and O–H groups in total. The number of rotatable bonds is 19. The van der Waals surface area contributed by atoms with Crippen molar-refractivity contribution < 1.29 is 23.7 Å². The maximum atomic E-state index is 12.0. The first-order chi connectivity index (χ1) is 14.2. The third-order valence-corrected chi connectivity index (χ3v) is 4.56. The van der Waals surface area contributed by atoms with Gasteiger partial charge in [0, 0.05) is 12.0 Å². The molecule has 0 fully saturated rings. The molecule has 0 atom stereocenters. The smallest absolute Gasteiger partial charge is 0.225 e. The van der Waals surface area contributed by atoms with Gasteiger partial charge in [0.2, 0.25) is 5.91 Å². The summed E-state index contributed by atoms with van der Waals surface area (Å²) in [5.74, 6) is 0.0873. The fourth-order valence-corrected chi connectivity index (χ4v) is 2.97. The molecule has 0 aliphatic carbocycles. The maximum Gasteiger partial charge on any atom is 0.225 e. The highest BCUT2D eigenvalue weighted by Crippen LogP contribution is 2.22. The molecule has 6 nitrogen and oxygen atoms in total. The van der Waals surface area contributed by atoms with Gasteiger partial charge in [-0.3, -0.25) is 4.79 Å². The average Bonchev–Trinajstić information content (AvgIpc) is 2.69. The Hall–Kier alpha value is -0.690. The Morgan fingerprint density at radius 1 is 0.700 bits per heavy atom. The van der Waals surface area contributed by atoms with Crippen molar-refractivity contribution in [2.75, 3.05) is 59.4 Å². The molecule has 0 rings (SSSR count). The fraction of sp³-hybridized carbons (Fsp3) is 0.958. The second kappa shape index (κ2) is 20.2. The van der Waals surface area contributed by atoms with Crippen molar-refractivity contribution in [2.45, 2.75) is 81.1 Å². The van der Waals surface area contributed by atoms with Crippen LogP contribution in [-0.4, -0.2) is 65.3 Å². The van der Waals surface area contributed by atoms with E-state index in [1.54, 1.807) is 0 Å². The highest BCUT2D eigenvalue weighted by atomic mass is 16.6. The zero-order valence-electron chi connectivity index (χ0n) is 21.2. The van der Waals surface area contributed by atoms with Crippen LogP contribution in [0.15, 0.2) is 0 Å². The summed E-state index contributed by atoms with van der Waals surface area (Å²) in [6, 6.07) is 0. The van der Waals surface area contributed by atoms with Crippen LogP contribution in [0.1, 0.15) is 81.1 Å². The first-order valence-corrected chi connectivity index (χ1v) is 11.8. The van der Waals surface area contributed by atoms with Gasteiger partial charge in [0.25, 0.3) is 0 Å². The summed E-state index contributed by atoms with van der Waals surface area (Å²) in [6.45, 7) is 21.9. The Bertz CT molecular complexity index is 386. The van der Waals surface area contributed by atoms with E-state index in [9.17, 15) is 4.79 Å². The Kier molecular flexibility index (Phi) is 21.2. The van der Waals surface area contributed by atoms with E-state index < -0.39 is 0 Å². The first kappa shape index (κ1) is 31.5. The summed E-state index contributed by atoms with van der Waals surface area (Å²) in [6.07, 6.45) is 4.24. The molecule has 0 unspecified atom stereocenters. The second-order valence-electron chi connectivity index (χ2n) is 8.69. The monoisotopic (exact) mass is 433 g/mol. The number of ether oxygens (including phenoxy) is 4. The first-order valence-electron chi connectivity index (χ1n) is 11.8. The Morgan fingerprint density at radius 2 is 1.13 bits per heavy atom. The predicted octanol–water partition coefficient (Wildman–Crippen LogP) is 4.85. The molecular weight excluding hydrogens is 382 g/mol. The summed E-state index contributed by atoms with van der Waals surface area (Å²) >= 11 is 0. The summed E-state index contributed by atoms with van der Waals surface area (Å²) in [5, 5.41) is 2.92. The van der Waals surface area contributed by atoms with Crippen LogP contribution < -0.4 is 5.32 Å². The van der Waals surface area contributed by atoms with Crippen molar-refractivity contribution in [3.63, 3.8) is 0 Å². The van der Waals surface area contributed by atoms with E-state index in [2.05, 4.69) is 33.0 Å². The lowest BCUT2D eigenvalue weighted by Crippen LogP contribution is -2.38. The molecule has 0 radical (unpaired) electrons. The van der Waals surface area contributed by atoms with Crippen molar-refractivity contribution in [2.24, 2.45) is 10.8 Å². The number of amides is 1. The predicted molar refractivity (Wildman–Crippen MR) is 125 cm³/mol. The van der Waals surface area contributed by atoms with Crippen molar-refractivity contribution in [1.29, 1.82) is 0 Å². The van der Waals surface area contributed by atoms with Gasteiger partial charge in [-0.1, -0.05) is 68.2 Å². The summed E-state index contributed by atoms with van der Waals surface area (Å²) in [5.41, 5.74) is -0.0685. The molecule has 30 heavy (non-hydrogen) atoms. The van der Waals surface area contributed by atoms with Crippen LogP contribution in [0.25, 0.3) is 0 Å². The van der Waals surface area contributed by atoms with Gasteiger partial charge in [-0.25, -0.2) is 0 Å². The maximum absolute atomic E-state index is 12.0. The van der Waals surface area contributed by atoms with Crippen LogP contribution in [0.2, 0.25) is 0 Å². The van der Waals surface area contributed by atoms with E-state index in [1.165, 1.54) is 12.8 Å². The quantitative estimate of drug-likeness (QED) is 0.295. The molecule has 0 bridgehead atoms. The number of carbonyl (C=O) groups excluding carboxylic acids is 1. The van der Waals surface area contributed by atoms with Crippen LogP contribution in [0, 0.1) is 10.8 Å².